The monoisotopic (exact) mass is 369 g/mol. The number of halogens is 1. The molecule has 3 rings (SSSR count). The molecule has 1 aromatic carbocycles. The van der Waals surface area contributed by atoms with E-state index in [1.165, 1.54) is 13.3 Å². The zero-order valence-electron chi connectivity index (χ0n) is 13.9. The van der Waals surface area contributed by atoms with Crippen LogP contribution >= 0.6 is 11.6 Å². The Morgan fingerprint density at radius 3 is 2.81 bits per heavy atom. The average molecular weight is 370 g/mol. The summed E-state index contributed by atoms with van der Waals surface area (Å²) in [6.07, 6.45) is 3.58. The van der Waals surface area contributed by atoms with E-state index in [9.17, 15) is 4.79 Å². The van der Waals surface area contributed by atoms with Crippen LogP contribution in [-0.4, -0.2) is 28.9 Å². The predicted molar refractivity (Wildman–Crippen MR) is 100 cm³/mol. The van der Waals surface area contributed by atoms with Crippen LogP contribution in [0.2, 0.25) is 5.02 Å². The van der Waals surface area contributed by atoms with Crippen molar-refractivity contribution in [3.8, 4) is 0 Å². The summed E-state index contributed by atoms with van der Waals surface area (Å²) >= 11 is 6.06. The number of hydrogen-bond donors (Lipinski definition) is 2. The Balaban J connectivity index is 2.07. The first-order chi connectivity index (χ1) is 12.5. The van der Waals surface area contributed by atoms with E-state index in [4.69, 9.17) is 27.9 Å². The maximum atomic E-state index is 11.7. The number of aromatic nitrogens is 2. The van der Waals surface area contributed by atoms with Crippen molar-refractivity contribution in [3.05, 3.63) is 70.1 Å². The molecule has 132 valence electrons. The normalized spacial score (nSPS) is 11.5. The molecule has 0 atom stereocenters. The molecule has 0 saturated heterocycles. The van der Waals surface area contributed by atoms with Gasteiger partial charge in [0, 0.05) is 35.5 Å². The number of methoxy groups -OCH3 is 1. The molecule has 0 saturated carbocycles. The molecule has 0 amide bonds. The maximum absolute atomic E-state index is 11.7. The lowest BCUT2D eigenvalue weighted by Crippen LogP contribution is -2.17. The highest BCUT2D eigenvalue weighted by Crippen LogP contribution is 2.23. The summed E-state index contributed by atoms with van der Waals surface area (Å²) < 4.78 is 4.74. The van der Waals surface area contributed by atoms with Crippen LogP contribution in [0.4, 0.5) is 0 Å². The molecular formula is C18H16ClN5O2. The summed E-state index contributed by atoms with van der Waals surface area (Å²) in [6.45, 7) is 0. The minimum Gasteiger partial charge on any atom is -0.465 e. The Morgan fingerprint density at radius 2 is 2.08 bits per heavy atom. The van der Waals surface area contributed by atoms with E-state index in [2.05, 4.69) is 15.1 Å². The fourth-order valence-corrected chi connectivity index (χ4v) is 2.85. The number of benzene rings is 1. The number of hydrogen-bond acceptors (Lipinski definition) is 6. The van der Waals surface area contributed by atoms with Crippen LogP contribution in [0.1, 0.15) is 27.2 Å². The second-order valence-electron chi connectivity index (χ2n) is 5.59. The lowest BCUT2D eigenvalue weighted by molar-refractivity contribution is 0.0600. The van der Waals surface area contributed by atoms with Crippen LogP contribution in [0.25, 0.3) is 10.9 Å². The Kier molecular flexibility index (Phi) is 4.99. The average Bonchev–Trinajstić information content (AvgIpc) is 2.66. The van der Waals surface area contributed by atoms with Gasteiger partial charge in [0.2, 0.25) is 0 Å². The van der Waals surface area contributed by atoms with Gasteiger partial charge in [0.25, 0.3) is 0 Å². The third-order valence-corrected chi connectivity index (χ3v) is 4.05. The van der Waals surface area contributed by atoms with Crippen molar-refractivity contribution in [1.82, 2.24) is 9.97 Å². The minimum absolute atomic E-state index is 0.169. The first-order valence-corrected chi connectivity index (χ1v) is 8.04. The number of nitrogens with zero attached hydrogens (tertiary/aromatic N) is 3. The largest absolute Gasteiger partial charge is 0.465 e. The first-order valence-electron chi connectivity index (χ1n) is 7.67. The van der Waals surface area contributed by atoms with Crippen LogP contribution in [0.5, 0.6) is 0 Å². The molecule has 7 nitrogen and oxygen atoms in total. The molecular weight excluding hydrogens is 354 g/mol. The summed E-state index contributed by atoms with van der Waals surface area (Å²) in [5, 5.41) is 4.89. The molecule has 2 aromatic heterocycles. The zero-order chi connectivity index (χ0) is 18.7. The molecule has 0 spiro atoms. The third-order valence-electron chi connectivity index (χ3n) is 3.85. The number of nitrogens with two attached hydrogens (primary N) is 2. The van der Waals surface area contributed by atoms with E-state index in [-0.39, 0.29) is 5.84 Å². The number of carbonyl (C=O) groups excluding carboxylic acids is 1. The van der Waals surface area contributed by atoms with Crippen molar-refractivity contribution in [3.63, 3.8) is 0 Å². The maximum Gasteiger partial charge on any atom is 0.337 e. The van der Waals surface area contributed by atoms with Gasteiger partial charge in [-0.05, 0) is 35.9 Å². The highest BCUT2D eigenvalue weighted by atomic mass is 35.5. The second kappa shape index (κ2) is 7.37. The predicted octanol–water partition coefficient (Wildman–Crippen LogP) is 2.24. The van der Waals surface area contributed by atoms with Crippen molar-refractivity contribution < 1.29 is 9.53 Å². The number of carbonyl (C=O) groups is 1. The molecule has 0 fully saturated rings. The molecule has 26 heavy (non-hydrogen) atoms. The number of fused-ring (bicyclic) bond motifs is 1. The molecule has 0 aliphatic rings. The molecule has 2 heterocycles. The van der Waals surface area contributed by atoms with Gasteiger partial charge in [0.15, 0.2) is 5.84 Å². The van der Waals surface area contributed by atoms with Crippen molar-refractivity contribution in [2.75, 3.05) is 7.11 Å². The fourth-order valence-electron chi connectivity index (χ4n) is 2.68. The molecule has 3 aromatic rings. The van der Waals surface area contributed by atoms with Crippen LogP contribution in [0, 0.1) is 0 Å². The van der Waals surface area contributed by atoms with Crippen molar-refractivity contribution >= 4 is 34.3 Å². The molecule has 8 heteroatoms. The van der Waals surface area contributed by atoms with Gasteiger partial charge in [-0.3, -0.25) is 9.97 Å². The minimum atomic E-state index is -0.414. The van der Waals surface area contributed by atoms with Gasteiger partial charge in [-0.25, -0.2) is 4.79 Å². The summed E-state index contributed by atoms with van der Waals surface area (Å²) in [4.78, 5) is 20.3. The van der Waals surface area contributed by atoms with E-state index in [0.29, 0.717) is 33.8 Å². The Hall–Kier alpha value is -3.19. The topological polar surface area (TPSA) is 116 Å². The van der Waals surface area contributed by atoms with Gasteiger partial charge in [-0.1, -0.05) is 11.6 Å². The van der Waals surface area contributed by atoms with Gasteiger partial charge >= 0.3 is 5.97 Å². The number of rotatable bonds is 4. The standard InChI is InChI=1S/C18H16ClN5O2/c1-26-18(25)11-2-3-22-14(8-11)5-10-4-12-7-13(19)9-23-16(12)15(6-10)17(20)24-21/h2-4,6-9H,5,21H2,1H3,(H2,20,24). The number of amidine groups is 1. The van der Waals surface area contributed by atoms with Crippen LogP contribution in [0.3, 0.4) is 0 Å². The van der Waals surface area contributed by atoms with Gasteiger partial charge in [-0.2, -0.15) is 5.10 Å². The van der Waals surface area contributed by atoms with Crippen molar-refractivity contribution in [2.24, 2.45) is 16.7 Å². The van der Waals surface area contributed by atoms with E-state index in [1.807, 2.05) is 12.1 Å². The number of ether oxygens (including phenoxy) is 1. The van der Waals surface area contributed by atoms with Crippen LogP contribution < -0.4 is 11.6 Å². The molecule has 4 N–H and O–H groups in total. The van der Waals surface area contributed by atoms with Gasteiger partial charge < -0.3 is 16.3 Å². The Labute approximate surface area is 154 Å². The Bertz CT molecular complexity index is 1020. The van der Waals surface area contributed by atoms with Gasteiger partial charge in [0.05, 0.1) is 23.2 Å². The van der Waals surface area contributed by atoms with Crippen molar-refractivity contribution in [1.29, 1.82) is 0 Å². The lowest BCUT2D eigenvalue weighted by atomic mass is 10.0. The number of hydrazone groups is 1. The summed E-state index contributed by atoms with van der Waals surface area (Å²) in [7, 11) is 1.34. The number of pyridine rings is 2. The molecule has 0 aliphatic carbocycles. The SMILES string of the molecule is COC(=O)c1ccnc(Cc2cc(/C(N)=N/N)c3ncc(Cl)cc3c2)c1. The quantitative estimate of drug-likeness (QED) is 0.239. The third kappa shape index (κ3) is 3.57. The fraction of sp³-hybridized carbons (Fsp3) is 0.111. The second-order valence-corrected chi connectivity index (χ2v) is 6.02. The molecule has 0 bridgehead atoms. The Morgan fingerprint density at radius 1 is 1.27 bits per heavy atom. The summed E-state index contributed by atoms with van der Waals surface area (Å²) in [6, 6.07) is 8.87. The highest BCUT2D eigenvalue weighted by molar-refractivity contribution is 6.31. The smallest absolute Gasteiger partial charge is 0.337 e. The highest BCUT2D eigenvalue weighted by Gasteiger charge is 2.12. The van der Waals surface area contributed by atoms with E-state index in [0.717, 1.165) is 10.9 Å². The van der Waals surface area contributed by atoms with Gasteiger partial charge in [-0.15, -0.1) is 0 Å². The van der Waals surface area contributed by atoms with Gasteiger partial charge in [0.1, 0.15) is 0 Å². The molecule has 0 unspecified atom stereocenters. The number of esters is 1. The lowest BCUT2D eigenvalue weighted by Gasteiger charge is -2.10. The zero-order valence-corrected chi connectivity index (χ0v) is 14.7. The van der Waals surface area contributed by atoms with Crippen molar-refractivity contribution in [2.45, 2.75) is 6.42 Å². The van der Waals surface area contributed by atoms with E-state index >= 15 is 0 Å². The van der Waals surface area contributed by atoms with E-state index < -0.39 is 5.97 Å². The van der Waals surface area contributed by atoms with Crippen LogP contribution in [-0.2, 0) is 11.2 Å². The summed E-state index contributed by atoms with van der Waals surface area (Å²) in [5.41, 5.74) is 9.23. The molecule has 0 radical (unpaired) electrons. The molecule has 0 aliphatic heterocycles. The summed E-state index contributed by atoms with van der Waals surface area (Å²) in [5.74, 6) is 5.10. The first kappa shape index (κ1) is 17.6. The van der Waals surface area contributed by atoms with Crippen LogP contribution in [0.15, 0.2) is 47.8 Å². The van der Waals surface area contributed by atoms with E-state index in [1.54, 1.807) is 24.4 Å².